The first kappa shape index (κ1) is 18.0. The number of anilines is 1. The normalized spacial score (nSPS) is 11.1. The topological polar surface area (TPSA) is 29.1 Å². The van der Waals surface area contributed by atoms with Crippen molar-refractivity contribution >= 4 is 27.5 Å². The average molecular weight is 404 g/mol. The minimum Gasteiger partial charge on any atom is -0.326 e. The van der Waals surface area contributed by atoms with Gasteiger partial charge in [-0.05, 0) is 42.0 Å². The van der Waals surface area contributed by atoms with E-state index < -0.39 is 0 Å². The Morgan fingerprint density at radius 3 is 2.15 bits per heavy atom. The van der Waals surface area contributed by atoms with Crippen LogP contribution in [0.5, 0.6) is 0 Å². The molecule has 0 fully saturated rings. The fourth-order valence-electron chi connectivity index (χ4n) is 2.56. The van der Waals surface area contributed by atoms with Gasteiger partial charge in [-0.15, -0.1) is 0 Å². The van der Waals surface area contributed by atoms with Crippen LogP contribution in [0.15, 0.2) is 89.4 Å². The molecule has 0 unspecified atom stereocenters. The van der Waals surface area contributed by atoms with Crippen molar-refractivity contribution in [3.8, 4) is 11.8 Å². The van der Waals surface area contributed by atoms with E-state index in [0.29, 0.717) is 6.42 Å². The first-order valence-electron chi connectivity index (χ1n) is 8.37. The van der Waals surface area contributed by atoms with Crippen molar-refractivity contribution in [1.82, 2.24) is 0 Å². The molecule has 0 saturated carbocycles. The second-order valence-electron chi connectivity index (χ2n) is 5.86. The van der Waals surface area contributed by atoms with E-state index in [9.17, 15) is 4.79 Å². The van der Waals surface area contributed by atoms with Gasteiger partial charge < -0.3 is 5.32 Å². The molecule has 3 heteroatoms. The van der Waals surface area contributed by atoms with E-state index in [0.717, 1.165) is 21.3 Å². The molecule has 128 valence electrons. The molecular weight excluding hydrogens is 386 g/mol. The van der Waals surface area contributed by atoms with E-state index in [1.807, 2.05) is 84.9 Å². The summed E-state index contributed by atoms with van der Waals surface area (Å²) >= 11 is 3.45. The third-order valence-electron chi connectivity index (χ3n) is 3.88. The molecule has 0 heterocycles. The fraction of sp³-hybridized carbons (Fsp3) is 0.0870. The van der Waals surface area contributed by atoms with E-state index in [-0.39, 0.29) is 11.8 Å². The maximum absolute atomic E-state index is 12.5. The van der Waals surface area contributed by atoms with Crippen molar-refractivity contribution in [2.24, 2.45) is 0 Å². The molecule has 3 rings (SSSR count). The number of amides is 1. The highest BCUT2D eigenvalue weighted by molar-refractivity contribution is 9.10. The van der Waals surface area contributed by atoms with Crippen LogP contribution < -0.4 is 5.32 Å². The van der Waals surface area contributed by atoms with Crippen LogP contribution in [0.1, 0.15) is 23.5 Å². The zero-order valence-electron chi connectivity index (χ0n) is 14.2. The van der Waals surface area contributed by atoms with Gasteiger partial charge in [-0.25, -0.2) is 0 Å². The van der Waals surface area contributed by atoms with Gasteiger partial charge in [0.15, 0.2) is 0 Å². The van der Waals surface area contributed by atoms with Gasteiger partial charge in [0.05, 0.1) is 5.92 Å². The molecule has 0 spiro atoms. The summed E-state index contributed by atoms with van der Waals surface area (Å²) < 4.78 is 1.00. The molecule has 0 bridgehead atoms. The third-order valence-corrected chi connectivity index (χ3v) is 4.41. The van der Waals surface area contributed by atoms with Crippen LogP contribution in [-0.2, 0) is 4.79 Å². The summed E-state index contributed by atoms with van der Waals surface area (Å²) in [6, 6.07) is 27.2. The minimum atomic E-state index is -0.174. The van der Waals surface area contributed by atoms with Crippen LogP contribution in [0.25, 0.3) is 0 Å². The molecule has 2 nitrogen and oxygen atoms in total. The van der Waals surface area contributed by atoms with E-state index >= 15 is 0 Å². The highest BCUT2D eigenvalue weighted by atomic mass is 79.9. The molecule has 0 radical (unpaired) electrons. The lowest BCUT2D eigenvalue weighted by molar-refractivity contribution is -0.116. The Hall–Kier alpha value is -2.83. The SMILES string of the molecule is O=C(C[C@@H](C#Cc1ccccc1)c1ccc(Br)cc1)Nc1ccccc1. The number of nitrogens with one attached hydrogen (secondary N) is 1. The van der Waals surface area contributed by atoms with E-state index in [1.54, 1.807) is 0 Å². The second-order valence-corrected chi connectivity index (χ2v) is 6.77. The quantitative estimate of drug-likeness (QED) is 0.563. The highest BCUT2D eigenvalue weighted by Gasteiger charge is 2.14. The zero-order chi connectivity index (χ0) is 18.2. The lowest BCUT2D eigenvalue weighted by atomic mass is 9.95. The van der Waals surface area contributed by atoms with Gasteiger partial charge >= 0.3 is 0 Å². The van der Waals surface area contributed by atoms with Gasteiger partial charge in [-0.1, -0.05) is 76.3 Å². The lowest BCUT2D eigenvalue weighted by Gasteiger charge is -2.12. The highest BCUT2D eigenvalue weighted by Crippen LogP contribution is 2.22. The largest absolute Gasteiger partial charge is 0.326 e. The van der Waals surface area contributed by atoms with E-state index in [2.05, 4.69) is 33.1 Å². The zero-order valence-corrected chi connectivity index (χ0v) is 15.7. The predicted molar refractivity (Wildman–Crippen MR) is 110 cm³/mol. The van der Waals surface area contributed by atoms with Gasteiger partial charge in [0.1, 0.15) is 0 Å². The number of hydrogen-bond acceptors (Lipinski definition) is 1. The second kappa shape index (κ2) is 9.03. The minimum absolute atomic E-state index is 0.0496. The Kier molecular flexibility index (Phi) is 6.24. The molecule has 1 atom stereocenters. The molecule has 0 aliphatic carbocycles. The van der Waals surface area contributed by atoms with E-state index in [4.69, 9.17) is 0 Å². The van der Waals surface area contributed by atoms with Crippen LogP contribution in [0.3, 0.4) is 0 Å². The van der Waals surface area contributed by atoms with Gasteiger partial charge in [0.2, 0.25) is 5.91 Å². The van der Waals surface area contributed by atoms with Crippen molar-refractivity contribution in [1.29, 1.82) is 0 Å². The Balaban J connectivity index is 1.80. The number of benzene rings is 3. The van der Waals surface area contributed by atoms with Crippen molar-refractivity contribution in [2.75, 3.05) is 5.32 Å². The molecule has 26 heavy (non-hydrogen) atoms. The summed E-state index contributed by atoms with van der Waals surface area (Å²) in [5, 5.41) is 2.94. The summed E-state index contributed by atoms with van der Waals surface area (Å²) in [4.78, 5) is 12.5. The van der Waals surface area contributed by atoms with Crippen molar-refractivity contribution in [3.05, 3.63) is 101 Å². The Morgan fingerprint density at radius 2 is 1.50 bits per heavy atom. The van der Waals surface area contributed by atoms with Gasteiger partial charge in [0, 0.05) is 22.1 Å². The number of halogens is 1. The summed E-state index contributed by atoms with van der Waals surface area (Å²) in [5.74, 6) is 6.22. The summed E-state index contributed by atoms with van der Waals surface area (Å²) in [6.07, 6.45) is 0.302. The fourth-order valence-corrected chi connectivity index (χ4v) is 2.82. The van der Waals surface area contributed by atoms with Gasteiger partial charge in [-0.2, -0.15) is 0 Å². The molecule has 3 aromatic rings. The van der Waals surface area contributed by atoms with Crippen LogP contribution >= 0.6 is 15.9 Å². The summed E-state index contributed by atoms with van der Waals surface area (Å²) in [7, 11) is 0. The molecule has 3 aromatic carbocycles. The van der Waals surface area contributed by atoms with Gasteiger partial charge in [-0.3, -0.25) is 4.79 Å². The Morgan fingerprint density at radius 1 is 0.885 bits per heavy atom. The molecule has 1 amide bonds. The van der Waals surface area contributed by atoms with Crippen LogP contribution in [0.2, 0.25) is 0 Å². The first-order valence-corrected chi connectivity index (χ1v) is 9.17. The first-order chi connectivity index (χ1) is 12.7. The van der Waals surface area contributed by atoms with Crippen LogP contribution in [0, 0.1) is 11.8 Å². The third kappa shape index (κ3) is 5.34. The number of hydrogen-bond donors (Lipinski definition) is 1. The van der Waals surface area contributed by atoms with Crippen molar-refractivity contribution in [2.45, 2.75) is 12.3 Å². The monoisotopic (exact) mass is 403 g/mol. The number of para-hydroxylation sites is 1. The summed E-state index contributed by atoms with van der Waals surface area (Å²) in [5.41, 5.74) is 2.76. The molecule has 0 saturated heterocycles. The number of carbonyl (C=O) groups excluding carboxylic acids is 1. The maximum Gasteiger partial charge on any atom is 0.225 e. The summed E-state index contributed by atoms with van der Waals surface area (Å²) in [6.45, 7) is 0. The maximum atomic E-state index is 12.5. The lowest BCUT2D eigenvalue weighted by Crippen LogP contribution is -2.15. The molecule has 0 aliphatic rings. The Labute approximate surface area is 162 Å². The standard InChI is InChI=1S/C23H18BrNO/c24-21-15-13-19(14-16-21)20(12-11-18-7-3-1-4-8-18)17-23(26)25-22-9-5-2-6-10-22/h1-10,13-16,20H,17H2,(H,25,26)/t20-/m1/s1. The van der Waals surface area contributed by atoms with Crippen molar-refractivity contribution in [3.63, 3.8) is 0 Å². The molecule has 1 N–H and O–H groups in total. The van der Waals surface area contributed by atoms with Crippen LogP contribution in [-0.4, -0.2) is 5.91 Å². The van der Waals surface area contributed by atoms with Crippen LogP contribution in [0.4, 0.5) is 5.69 Å². The molecular formula is C23H18BrNO. The number of carbonyl (C=O) groups is 1. The van der Waals surface area contributed by atoms with Gasteiger partial charge in [0.25, 0.3) is 0 Å². The van der Waals surface area contributed by atoms with Crippen molar-refractivity contribution < 1.29 is 4.79 Å². The molecule has 0 aromatic heterocycles. The van der Waals surface area contributed by atoms with E-state index in [1.165, 1.54) is 0 Å². The molecule has 0 aliphatic heterocycles. The number of rotatable bonds is 4. The Bertz CT molecular complexity index is 909. The average Bonchev–Trinajstić information content (AvgIpc) is 2.67. The smallest absolute Gasteiger partial charge is 0.225 e. The predicted octanol–water partition coefficient (Wildman–Crippen LogP) is 5.61.